The first-order chi connectivity index (χ1) is 13.0. The summed E-state index contributed by atoms with van der Waals surface area (Å²) in [7, 11) is 5.04. The molecule has 0 spiro atoms. The number of nitrogens with zero attached hydrogens (tertiary/aromatic N) is 2. The molecule has 7 nitrogen and oxygen atoms in total. The number of nitrogens with one attached hydrogen (secondary N) is 2. The van der Waals surface area contributed by atoms with Crippen LogP contribution in [0.1, 0.15) is 18.9 Å². The minimum atomic E-state index is -0.0522. The second kappa shape index (κ2) is 13.2. The molecule has 0 unspecified atom stereocenters. The molecule has 0 aliphatic carbocycles. The highest BCUT2D eigenvalue weighted by Crippen LogP contribution is 2.22. The molecule has 0 saturated heterocycles. The second-order valence-electron chi connectivity index (χ2n) is 6.06. The highest BCUT2D eigenvalue weighted by Gasteiger charge is 2.06. The average molecular weight is 399 g/mol. The lowest BCUT2D eigenvalue weighted by atomic mass is 10.1. The molecule has 1 rings (SSSR count). The predicted molar refractivity (Wildman–Crippen MR) is 110 cm³/mol. The summed E-state index contributed by atoms with van der Waals surface area (Å²) >= 11 is 6.28. The van der Waals surface area contributed by atoms with Gasteiger partial charge in [0, 0.05) is 45.4 Å². The summed E-state index contributed by atoms with van der Waals surface area (Å²) in [4.78, 5) is 17.7. The summed E-state index contributed by atoms with van der Waals surface area (Å²) in [6.45, 7) is 4.81. The normalized spacial score (nSPS) is 11.2. The number of rotatable bonds is 11. The number of benzene rings is 1. The molecule has 0 heterocycles. The van der Waals surface area contributed by atoms with Gasteiger partial charge in [-0.2, -0.15) is 0 Å². The third-order valence-electron chi connectivity index (χ3n) is 3.78. The maximum absolute atomic E-state index is 11.8. The summed E-state index contributed by atoms with van der Waals surface area (Å²) in [6.07, 6.45) is 1.59. The van der Waals surface area contributed by atoms with Crippen LogP contribution in [-0.2, 0) is 16.0 Å². The molecule has 0 atom stereocenters. The fraction of sp³-hybridized carbons (Fsp3) is 0.579. The first-order valence-electron chi connectivity index (χ1n) is 9.10. The lowest BCUT2D eigenvalue weighted by molar-refractivity contribution is -0.127. The van der Waals surface area contributed by atoms with E-state index in [0.29, 0.717) is 37.3 Å². The van der Waals surface area contributed by atoms with E-state index in [1.54, 1.807) is 27.3 Å². The summed E-state index contributed by atoms with van der Waals surface area (Å²) in [5.41, 5.74) is 1.02. The molecular formula is C19H31ClN4O3. The van der Waals surface area contributed by atoms with Crippen LogP contribution in [-0.4, -0.2) is 70.8 Å². The fourth-order valence-electron chi connectivity index (χ4n) is 2.16. The van der Waals surface area contributed by atoms with Crippen LogP contribution in [0.2, 0.25) is 5.02 Å². The topological polar surface area (TPSA) is 75.2 Å². The fourth-order valence-corrected chi connectivity index (χ4v) is 2.43. The lowest BCUT2D eigenvalue weighted by Gasteiger charge is -2.14. The Morgan fingerprint density at radius 3 is 2.63 bits per heavy atom. The van der Waals surface area contributed by atoms with Gasteiger partial charge in [0.1, 0.15) is 12.3 Å². The molecule has 152 valence electrons. The molecule has 0 bridgehead atoms. The van der Waals surface area contributed by atoms with Gasteiger partial charge in [0.2, 0.25) is 5.91 Å². The van der Waals surface area contributed by atoms with Crippen molar-refractivity contribution in [2.24, 2.45) is 4.99 Å². The molecule has 0 fully saturated rings. The molecule has 0 aromatic heterocycles. The van der Waals surface area contributed by atoms with E-state index in [0.717, 1.165) is 24.2 Å². The number of guanidine groups is 1. The molecule has 1 aromatic rings. The Kier molecular flexibility index (Phi) is 11.3. The van der Waals surface area contributed by atoms with Gasteiger partial charge < -0.3 is 25.0 Å². The number of hydrogen-bond acceptors (Lipinski definition) is 4. The van der Waals surface area contributed by atoms with Crippen LogP contribution in [0.4, 0.5) is 0 Å². The molecule has 2 N–H and O–H groups in total. The molecule has 27 heavy (non-hydrogen) atoms. The van der Waals surface area contributed by atoms with Crippen molar-refractivity contribution < 1.29 is 14.3 Å². The zero-order valence-corrected chi connectivity index (χ0v) is 17.4. The van der Waals surface area contributed by atoms with Crippen molar-refractivity contribution >= 4 is 23.5 Å². The van der Waals surface area contributed by atoms with Crippen molar-refractivity contribution in [3.8, 4) is 5.75 Å². The number of halogens is 1. The maximum atomic E-state index is 11.8. The Balaban J connectivity index is 2.56. The summed E-state index contributed by atoms with van der Waals surface area (Å²) in [6, 6.07) is 5.64. The number of ether oxygens (including phenoxy) is 2. The average Bonchev–Trinajstić information content (AvgIpc) is 2.65. The second-order valence-corrected chi connectivity index (χ2v) is 6.47. The smallest absolute Gasteiger partial charge is 0.243 e. The van der Waals surface area contributed by atoms with Gasteiger partial charge in [-0.05, 0) is 37.5 Å². The van der Waals surface area contributed by atoms with Crippen LogP contribution < -0.4 is 15.4 Å². The largest absolute Gasteiger partial charge is 0.497 e. The Bertz CT molecular complexity index is 609. The summed E-state index contributed by atoms with van der Waals surface area (Å²) < 4.78 is 10.5. The monoisotopic (exact) mass is 398 g/mol. The maximum Gasteiger partial charge on any atom is 0.243 e. The zero-order chi connectivity index (χ0) is 20.1. The predicted octanol–water partition coefficient (Wildman–Crippen LogP) is 1.94. The van der Waals surface area contributed by atoms with Gasteiger partial charge in [0.25, 0.3) is 0 Å². The van der Waals surface area contributed by atoms with Gasteiger partial charge in [-0.3, -0.25) is 4.79 Å². The Morgan fingerprint density at radius 2 is 2.00 bits per heavy atom. The first-order valence-corrected chi connectivity index (χ1v) is 9.48. The number of methoxy groups -OCH3 is 1. The molecule has 0 aliphatic heterocycles. The van der Waals surface area contributed by atoms with Crippen LogP contribution in [0, 0.1) is 0 Å². The third kappa shape index (κ3) is 9.49. The van der Waals surface area contributed by atoms with Gasteiger partial charge >= 0.3 is 0 Å². The number of hydrogen-bond donors (Lipinski definition) is 2. The van der Waals surface area contributed by atoms with Gasteiger partial charge in [0.05, 0.1) is 7.11 Å². The number of amides is 1. The van der Waals surface area contributed by atoms with Crippen molar-refractivity contribution in [2.75, 3.05) is 54.1 Å². The minimum absolute atomic E-state index is 0.0522. The Labute approximate surface area is 167 Å². The van der Waals surface area contributed by atoms with Crippen LogP contribution in [0.15, 0.2) is 23.2 Å². The number of carbonyl (C=O) groups excluding carboxylic acids is 1. The van der Waals surface area contributed by atoms with E-state index in [4.69, 9.17) is 21.1 Å². The standard InChI is InChI=1S/C19H31ClN4O3/c1-5-27-12-6-10-21-19(23-14-18(25)24(2)3)22-11-9-15-7-8-16(26-4)13-17(15)20/h7-8,13H,5-6,9-12,14H2,1-4H3,(H2,21,22,23). The van der Waals surface area contributed by atoms with Crippen molar-refractivity contribution in [2.45, 2.75) is 19.8 Å². The van der Waals surface area contributed by atoms with E-state index in [-0.39, 0.29) is 12.5 Å². The van der Waals surface area contributed by atoms with Gasteiger partial charge in [-0.15, -0.1) is 0 Å². The number of aliphatic imine (C=N–C) groups is 1. The molecule has 0 radical (unpaired) electrons. The lowest BCUT2D eigenvalue weighted by Crippen LogP contribution is -2.40. The van der Waals surface area contributed by atoms with E-state index in [1.807, 2.05) is 19.1 Å². The van der Waals surface area contributed by atoms with E-state index in [2.05, 4.69) is 15.6 Å². The van der Waals surface area contributed by atoms with Crippen molar-refractivity contribution in [3.63, 3.8) is 0 Å². The van der Waals surface area contributed by atoms with E-state index in [1.165, 1.54) is 4.90 Å². The highest BCUT2D eigenvalue weighted by atomic mass is 35.5. The molecule has 1 aromatic carbocycles. The van der Waals surface area contributed by atoms with Crippen molar-refractivity contribution in [1.82, 2.24) is 15.5 Å². The van der Waals surface area contributed by atoms with Gasteiger partial charge in [-0.25, -0.2) is 4.99 Å². The van der Waals surface area contributed by atoms with Crippen molar-refractivity contribution in [3.05, 3.63) is 28.8 Å². The zero-order valence-electron chi connectivity index (χ0n) is 16.7. The summed E-state index contributed by atoms with van der Waals surface area (Å²) in [5, 5.41) is 7.14. The number of likely N-dealkylation sites (N-methyl/N-ethyl adjacent to an activating group) is 1. The Hall–Kier alpha value is -1.99. The molecule has 0 saturated carbocycles. The van der Waals surface area contributed by atoms with Gasteiger partial charge in [0.15, 0.2) is 5.96 Å². The first kappa shape index (κ1) is 23.0. The van der Waals surface area contributed by atoms with Crippen molar-refractivity contribution in [1.29, 1.82) is 0 Å². The SMILES string of the molecule is CCOCCCNC(=NCC(=O)N(C)C)NCCc1ccc(OC)cc1Cl. The number of carbonyl (C=O) groups is 1. The quantitative estimate of drug-likeness (QED) is 0.338. The van der Waals surface area contributed by atoms with Crippen LogP contribution >= 0.6 is 11.6 Å². The third-order valence-corrected chi connectivity index (χ3v) is 4.13. The molecular weight excluding hydrogens is 368 g/mol. The Morgan fingerprint density at radius 1 is 1.26 bits per heavy atom. The minimum Gasteiger partial charge on any atom is -0.497 e. The molecule has 8 heteroatoms. The highest BCUT2D eigenvalue weighted by molar-refractivity contribution is 6.31. The van der Waals surface area contributed by atoms with Crippen LogP contribution in [0.25, 0.3) is 0 Å². The van der Waals surface area contributed by atoms with Gasteiger partial charge in [-0.1, -0.05) is 17.7 Å². The van der Waals surface area contributed by atoms with E-state index >= 15 is 0 Å². The molecule has 1 amide bonds. The molecule has 0 aliphatic rings. The van der Waals surface area contributed by atoms with E-state index < -0.39 is 0 Å². The van der Waals surface area contributed by atoms with E-state index in [9.17, 15) is 4.79 Å². The summed E-state index contributed by atoms with van der Waals surface area (Å²) in [5.74, 6) is 1.28. The van der Waals surface area contributed by atoms with Crippen LogP contribution in [0.3, 0.4) is 0 Å². The van der Waals surface area contributed by atoms with Crippen LogP contribution in [0.5, 0.6) is 5.75 Å².